The van der Waals surface area contributed by atoms with Crippen LogP contribution in [0.2, 0.25) is 0 Å². The van der Waals surface area contributed by atoms with E-state index in [2.05, 4.69) is 32.4 Å². The molecule has 3 N–H and O–H groups in total. The lowest BCUT2D eigenvalue weighted by Crippen LogP contribution is -2.30. The third-order valence-electron chi connectivity index (χ3n) is 6.32. The van der Waals surface area contributed by atoms with E-state index in [9.17, 15) is 9.59 Å². The largest absolute Gasteiger partial charge is 0.363 e. The first-order chi connectivity index (χ1) is 17.5. The van der Waals surface area contributed by atoms with Gasteiger partial charge in [-0.3, -0.25) is 14.7 Å². The van der Waals surface area contributed by atoms with Gasteiger partial charge in [0.2, 0.25) is 5.91 Å². The van der Waals surface area contributed by atoms with Gasteiger partial charge < -0.3 is 15.5 Å². The van der Waals surface area contributed by atoms with Crippen LogP contribution in [0, 0.1) is 5.82 Å². The Labute approximate surface area is 207 Å². The molecule has 8 nitrogen and oxygen atoms in total. The number of nitrogens with one attached hydrogen (secondary N) is 3. The maximum Gasteiger partial charge on any atom is 0.251 e. The number of benzene rings is 2. The van der Waals surface area contributed by atoms with Gasteiger partial charge in [-0.15, -0.1) is 0 Å². The van der Waals surface area contributed by atoms with Gasteiger partial charge in [-0.1, -0.05) is 36.9 Å². The second-order valence-corrected chi connectivity index (χ2v) is 8.63. The molecule has 182 valence electrons. The third-order valence-corrected chi connectivity index (χ3v) is 6.32. The predicted octanol–water partition coefficient (Wildman–Crippen LogP) is 3.89. The lowest BCUT2D eigenvalue weighted by Gasteiger charge is -2.15. The van der Waals surface area contributed by atoms with Gasteiger partial charge in [0.25, 0.3) is 5.91 Å². The van der Waals surface area contributed by atoms with E-state index in [1.807, 2.05) is 18.2 Å². The molecule has 0 saturated carbocycles. The Morgan fingerprint density at radius 3 is 2.81 bits per heavy atom. The number of likely N-dealkylation sites (tertiary alicyclic amines) is 1. The summed E-state index contributed by atoms with van der Waals surface area (Å²) in [7, 11) is 0. The van der Waals surface area contributed by atoms with E-state index in [1.54, 1.807) is 41.4 Å². The lowest BCUT2D eigenvalue weighted by atomic mass is 10.0. The fourth-order valence-corrected chi connectivity index (χ4v) is 4.42. The number of nitrogens with zero attached hydrogens (tertiary/aromatic N) is 3. The summed E-state index contributed by atoms with van der Waals surface area (Å²) in [6.07, 6.45) is 3.74. The molecule has 2 aromatic carbocycles. The molecule has 0 aliphatic carbocycles. The normalized spacial score (nSPS) is 15.1. The van der Waals surface area contributed by atoms with Crippen LogP contribution in [0.25, 0.3) is 22.2 Å². The molecule has 1 fully saturated rings. The van der Waals surface area contributed by atoms with Crippen LogP contribution in [0.15, 0.2) is 73.4 Å². The molecule has 1 aliphatic heterocycles. The molecular weight excluding hydrogens is 459 g/mol. The summed E-state index contributed by atoms with van der Waals surface area (Å²) in [5.74, 6) is -0.169. The van der Waals surface area contributed by atoms with Crippen molar-refractivity contribution in [1.82, 2.24) is 25.4 Å². The Bertz CT molecular complexity index is 1430. The standard InChI is InChI=1S/C27H25FN6O2/c1-2-23(35)34-13-11-20(16-34)31-26-24-21(10-12-29-25(24)32-33-26)18-8-9-19(22(28)14-18)15-30-27(36)17-6-4-3-5-7-17/h2-10,12,14,20H,1,11,13,15-16H2,(H,30,36)(H2,29,31,32,33). The van der Waals surface area contributed by atoms with Crippen molar-refractivity contribution in [1.29, 1.82) is 0 Å². The SMILES string of the molecule is C=CC(=O)N1CCC(Nc2n[nH]c3nccc(-c4ccc(CNC(=O)c5ccccc5)c(F)c4)c23)C1. The quantitative estimate of drug-likeness (QED) is 0.346. The van der Waals surface area contributed by atoms with Crippen molar-refractivity contribution < 1.29 is 14.0 Å². The first kappa shape index (κ1) is 23.2. The van der Waals surface area contributed by atoms with Gasteiger partial charge in [0, 0.05) is 43.0 Å². The molecule has 3 heterocycles. The van der Waals surface area contributed by atoms with E-state index in [1.165, 1.54) is 12.1 Å². The van der Waals surface area contributed by atoms with Crippen LogP contribution in [-0.4, -0.2) is 51.0 Å². The number of amides is 2. The molecule has 1 atom stereocenters. The molecule has 0 spiro atoms. The number of aromatic nitrogens is 3. The van der Waals surface area contributed by atoms with Crippen LogP contribution >= 0.6 is 0 Å². The average Bonchev–Trinajstić information content (AvgIpc) is 3.55. The molecule has 1 unspecified atom stereocenters. The second-order valence-electron chi connectivity index (χ2n) is 8.63. The third kappa shape index (κ3) is 4.68. The average molecular weight is 485 g/mol. The van der Waals surface area contributed by atoms with Crippen molar-refractivity contribution in [3.05, 3.63) is 90.4 Å². The van der Waals surface area contributed by atoms with E-state index >= 15 is 4.39 Å². The highest BCUT2D eigenvalue weighted by molar-refractivity contribution is 6.00. The highest BCUT2D eigenvalue weighted by Gasteiger charge is 2.26. The minimum atomic E-state index is -0.418. The van der Waals surface area contributed by atoms with Gasteiger partial charge in [0.1, 0.15) is 5.82 Å². The number of carbonyl (C=O) groups excluding carboxylic acids is 2. The Balaban J connectivity index is 1.35. The zero-order valence-corrected chi connectivity index (χ0v) is 19.5. The number of fused-ring (bicyclic) bond motifs is 1. The summed E-state index contributed by atoms with van der Waals surface area (Å²) in [6.45, 7) is 4.82. The summed E-state index contributed by atoms with van der Waals surface area (Å²) < 4.78 is 15.0. The van der Waals surface area contributed by atoms with Gasteiger partial charge in [0.05, 0.1) is 5.39 Å². The summed E-state index contributed by atoms with van der Waals surface area (Å²) in [6, 6.07) is 15.6. The van der Waals surface area contributed by atoms with Crippen LogP contribution in [0.3, 0.4) is 0 Å². The predicted molar refractivity (Wildman–Crippen MR) is 136 cm³/mol. The lowest BCUT2D eigenvalue weighted by molar-refractivity contribution is -0.125. The number of aromatic amines is 1. The van der Waals surface area contributed by atoms with Crippen LogP contribution in [0.4, 0.5) is 10.2 Å². The van der Waals surface area contributed by atoms with Gasteiger partial charge in [-0.2, -0.15) is 5.10 Å². The summed E-state index contributed by atoms with van der Waals surface area (Å²) in [5, 5.41) is 14.2. The number of anilines is 1. The molecule has 2 aromatic heterocycles. The molecule has 2 amide bonds. The van der Waals surface area contributed by atoms with Crippen molar-refractivity contribution in [3.8, 4) is 11.1 Å². The van der Waals surface area contributed by atoms with E-state index in [0.29, 0.717) is 41.2 Å². The Hall–Kier alpha value is -4.53. The van der Waals surface area contributed by atoms with Crippen molar-refractivity contribution in [2.75, 3.05) is 18.4 Å². The number of hydrogen-bond acceptors (Lipinski definition) is 5. The molecule has 1 aliphatic rings. The number of pyridine rings is 1. The molecule has 9 heteroatoms. The van der Waals surface area contributed by atoms with E-state index < -0.39 is 5.82 Å². The second kappa shape index (κ2) is 9.99. The van der Waals surface area contributed by atoms with E-state index in [4.69, 9.17) is 0 Å². The Kier molecular flexibility index (Phi) is 6.44. The molecule has 0 bridgehead atoms. The number of hydrogen-bond donors (Lipinski definition) is 3. The summed E-state index contributed by atoms with van der Waals surface area (Å²) in [5.41, 5.74) is 2.92. The van der Waals surface area contributed by atoms with Crippen LogP contribution in [0.5, 0.6) is 0 Å². The number of halogens is 1. The zero-order chi connectivity index (χ0) is 25.1. The van der Waals surface area contributed by atoms with Crippen LogP contribution in [0.1, 0.15) is 22.3 Å². The Morgan fingerprint density at radius 2 is 2.03 bits per heavy atom. The van der Waals surface area contributed by atoms with Crippen molar-refractivity contribution in [3.63, 3.8) is 0 Å². The first-order valence-corrected chi connectivity index (χ1v) is 11.7. The van der Waals surface area contributed by atoms with Gasteiger partial charge in [0.15, 0.2) is 11.5 Å². The van der Waals surface area contributed by atoms with E-state index in [-0.39, 0.29) is 24.4 Å². The fourth-order valence-electron chi connectivity index (χ4n) is 4.42. The fraction of sp³-hybridized carbons (Fsp3) is 0.185. The number of carbonyl (C=O) groups is 2. The van der Waals surface area contributed by atoms with Crippen molar-refractivity contribution >= 4 is 28.7 Å². The van der Waals surface area contributed by atoms with Crippen molar-refractivity contribution in [2.45, 2.75) is 19.0 Å². The highest BCUT2D eigenvalue weighted by Crippen LogP contribution is 2.33. The zero-order valence-electron chi connectivity index (χ0n) is 19.5. The summed E-state index contributed by atoms with van der Waals surface area (Å²) in [4.78, 5) is 30.3. The topological polar surface area (TPSA) is 103 Å². The minimum Gasteiger partial charge on any atom is -0.363 e. The van der Waals surface area contributed by atoms with Gasteiger partial charge >= 0.3 is 0 Å². The number of rotatable bonds is 7. The summed E-state index contributed by atoms with van der Waals surface area (Å²) >= 11 is 0. The molecule has 5 rings (SSSR count). The highest BCUT2D eigenvalue weighted by atomic mass is 19.1. The minimum absolute atomic E-state index is 0.0285. The van der Waals surface area contributed by atoms with E-state index in [0.717, 1.165) is 17.4 Å². The van der Waals surface area contributed by atoms with Gasteiger partial charge in [-0.25, -0.2) is 9.37 Å². The monoisotopic (exact) mass is 484 g/mol. The Morgan fingerprint density at radius 1 is 1.19 bits per heavy atom. The molecular formula is C27H25FN6O2. The van der Waals surface area contributed by atoms with Crippen molar-refractivity contribution in [2.24, 2.45) is 0 Å². The maximum atomic E-state index is 15.0. The molecule has 1 saturated heterocycles. The maximum absolute atomic E-state index is 15.0. The molecule has 36 heavy (non-hydrogen) atoms. The van der Waals surface area contributed by atoms with Crippen LogP contribution in [-0.2, 0) is 11.3 Å². The smallest absolute Gasteiger partial charge is 0.251 e. The van der Waals surface area contributed by atoms with Gasteiger partial charge in [-0.05, 0) is 47.9 Å². The molecule has 0 radical (unpaired) electrons. The number of H-pyrrole nitrogens is 1. The first-order valence-electron chi connectivity index (χ1n) is 11.7. The molecule has 4 aromatic rings. The van der Waals surface area contributed by atoms with Crippen LogP contribution < -0.4 is 10.6 Å².